The third-order valence-corrected chi connectivity index (χ3v) is 8.11. The Morgan fingerprint density at radius 2 is 1.89 bits per heavy atom. The zero-order valence-electron chi connectivity index (χ0n) is 16.1. The SMILES string of the molecule is Cc1ccc(NCc2cnc(Cl)s2)cc1NC(=O)C12CC3CC(CC(C3)C1)C2. The van der Waals surface area contributed by atoms with E-state index in [4.69, 9.17) is 11.6 Å². The van der Waals surface area contributed by atoms with Gasteiger partial charge < -0.3 is 10.6 Å². The van der Waals surface area contributed by atoms with E-state index >= 15 is 0 Å². The minimum absolute atomic E-state index is 0.121. The molecule has 0 unspecified atom stereocenters. The standard InChI is InChI=1S/C22H26ClN3OS/c1-13-2-3-17(24-11-18-12-25-21(23)28-18)7-19(13)26-20(27)22-8-14-4-15(9-22)6-16(5-14)10-22/h2-3,7,12,14-16,24H,4-6,8-11H2,1H3,(H,26,27). The molecule has 0 spiro atoms. The zero-order valence-corrected chi connectivity index (χ0v) is 17.7. The van der Waals surface area contributed by atoms with Crippen LogP contribution in [0.25, 0.3) is 0 Å². The average Bonchev–Trinajstić information content (AvgIpc) is 3.06. The Morgan fingerprint density at radius 3 is 2.50 bits per heavy atom. The molecule has 2 N–H and O–H groups in total. The number of nitrogens with one attached hydrogen (secondary N) is 2. The van der Waals surface area contributed by atoms with E-state index in [1.807, 2.05) is 0 Å². The molecule has 0 saturated heterocycles. The first-order chi connectivity index (χ1) is 13.5. The first-order valence-corrected chi connectivity index (χ1v) is 11.4. The molecule has 1 heterocycles. The maximum Gasteiger partial charge on any atom is 0.230 e. The highest BCUT2D eigenvalue weighted by Crippen LogP contribution is 2.60. The van der Waals surface area contributed by atoms with Crippen LogP contribution in [0, 0.1) is 30.1 Å². The van der Waals surface area contributed by atoms with Crippen molar-refractivity contribution in [3.05, 3.63) is 39.3 Å². The second-order valence-corrected chi connectivity index (χ2v) is 10.8. The Bertz CT molecular complexity index is 874. The van der Waals surface area contributed by atoms with Gasteiger partial charge in [0.25, 0.3) is 0 Å². The molecule has 6 rings (SSSR count). The van der Waals surface area contributed by atoms with Crippen molar-refractivity contribution in [1.29, 1.82) is 0 Å². The van der Waals surface area contributed by atoms with Crippen LogP contribution >= 0.6 is 22.9 Å². The molecular formula is C22H26ClN3OS. The highest BCUT2D eigenvalue weighted by atomic mass is 35.5. The van der Waals surface area contributed by atoms with Crippen molar-refractivity contribution in [2.45, 2.75) is 52.0 Å². The minimum atomic E-state index is -0.121. The number of aromatic nitrogens is 1. The topological polar surface area (TPSA) is 54.0 Å². The lowest BCUT2D eigenvalue weighted by atomic mass is 9.49. The van der Waals surface area contributed by atoms with E-state index in [-0.39, 0.29) is 11.3 Å². The smallest absolute Gasteiger partial charge is 0.230 e. The summed E-state index contributed by atoms with van der Waals surface area (Å²) in [6.07, 6.45) is 9.13. The molecule has 4 nitrogen and oxygen atoms in total. The van der Waals surface area contributed by atoms with Crippen molar-refractivity contribution in [3.8, 4) is 0 Å². The highest BCUT2D eigenvalue weighted by Gasteiger charge is 2.54. The van der Waals surface area contributed by atoms with Crippen molar-refractivity contribution < 1.29 is 4.79 Å². The molecule has 148 valence electrons. The van der Waals surface area contributed by atoms with Gasteiger partial charge in [-0.2, -0.15) is 0 Å². The molecule has 0 radical (unpaired) electrons. The molecule has 4 aliphatic carbocycles. The van der Waals surface area contributed by atoms with Crippen LogP contribution < -0.4 is 10.6 Å². The Morgan fingerprint density at radius 1 is 1.21 bits per heavy atom. The predicted molar refractivity (Wildman–Crippen MR) is 115 cm³/mol. The molecular weight excluding hydrogens is 390 g/mol. The first kappa shape index (κ1) is 18.4. The maximum absolute atomic E-state index is 13.4. The van der Waals surface area contributed by atoms with Crippen molar-refractivity contribution in [2.75, 3.05) is 10.6 Å². The predicted octanol–water partition coefficient (Wildman–Crippen LogP) is 5.87. The second-order valence-electron chi connectivity index (χ2n) is 9.11. The number of hydrogen-bond acceptors (Lipinski definition) is 4. The van der Waals surface area contributed by atoms with Crippen LogP contribution in [-0.4, -0.2) is 10.9 Å². The molecule has 28 heavy (non-hydrogen) atoms. The fourth-order valence-corrected chi connectivity index (χ4v) is 6.98. The Balaban J connectivity index is 1.30. The molecule has 0 atom stereocenters. The second kappa shape index (κ2) is 7.03. The number of carbonyl (C=O) groups excluding carboxylic acids is 1. The molecule has 4 bridgehead atoms. The Labute approximate surface area is 175 Å². The summed E-state index contributed by atoms with van der Waals surface area (Å²) in [6, 6.07) is 6.17. The lowest BCUT2D eigenvalue weighted by molar-refractivity contribution is -0.140. The molecule has 1 aromatic heterocycles. The van der Waals surface area contributed by atoms with Gasteiger partial charge in [-0.1, -0.05) is 17.7 Å². The van der Waals surface area contributed by atoms with Crippen molar-refractivity contribution in [2.24, 2.45) is 23.2 Å². The minimum Gasteiger partial charge on any atom is -0.380 e. The van der Waals surface area contributed by atoms with Crippen LogP contribution in [0.5, 0.6) is 0 Å². The Hall–Kier alpha value is -1.59. The van der Waals surface area contributed by atoms with Gasteiger partial charge in [0.05, 0.1) is 12.0 Å². The third kappa shape index (κ3) is 3.43. The number of aryl methyl sites for hydroxylation is 1. The van der Waals surface area contributed by atoms with Crippen molar-refractivity contribution in [1.82, 2.24) is 4.98 Å². The van der Waals surface area contributed by atoms with E-state index in [0.29, 0.717) is 11.0 Å². The van der Waals surface area contributed by atoms with E-state index in [9.17, 15) is 4.79 Å². The van der Waals surface area contributed by atoms with Gasteiger partial charge in [-0.25, -0.2) is 4.98 Å². The quantitative estimate of drug-likeness (QED) is 0.641. The van der Waals surface area contributed by atoms with Crippen LogP contribution in [-0.2, 0) is 11.3 Å². The van der Waals surface area contributed by atoms with Gasteiger partial charge in [0.15, 0.2) is 4.47 Å². The molecule has 1 aromatic carbocycles. The number of hydrogen-bond donors (Lipinski definition) is 2. The number of nitrogens with zero attached hydrogens (tertiary/aromatic N) is 1. The molecule has 1 amide bonds. The summed E-state index contributed by atoms with van der Waals surface area (Å²) in [5.74, 6) is 2.58. The van der Waals surface area contributed by atoms with Gasteiger partial charge in [-0.3, -0.25) is 4.79 Å². The van der Waals surface area contributed by atoms with E-state index in [1.54, 1.807) is 6.20 Å². The molecule has 4 aliphatic rings. The number of rotatable bonds is 5. The number of anilines is 2. The van der Waals surface area contributed by atoms with E-state index in [0.717, 1.165) is 58.8 Å². The van der Waals surface area contributed by atoms with E-state index in [2.05, 4.69) is 40.7 Å². The summed E-state index contributed by atoms with van der Waals surface area (Å²) in [6.45, 7) is 2.73. The fourth-order valence-electron chi connectivity index (χ4n) is 6.06. The van der Waals surface area contributed by atoms with Crippen LogP contribution in [0.3, 0.4) is 0 Å². The van der Waals surface area contributed by atoms with Gasteiger partial charge >= 0.3 is 0 Å². The van der Waals surface area contributed by atoms with Crippen LogP contribution in [0.2, 0.25) is 4.47 Å². The number of halogens is 1. The molecule has 4 saturated carbocycles. The molecule has 0 aliphatic heterocycles. The fraction of sp³-hybridized carbons (Fsp3) is 0.545. The van der Waals surface area contributed by atoms with Crippen LogP contribution in [0.15, 0.2) is 24.4 Å². The first-order valence-electron chi connectivity index (χ1n) is 10.3. The summed E-state index contributed by atoms with van der Waals surface area (Å²) >= 11 is 7.39. The van der Waals surface area contributed by atoms with Crippen LogP contribution in [0.4, 0.5) is 11.4 Å². The number of carbonyl (C=O) groups is 1. The van der Waals surface area contributed by atoms with Gasteiger partial charge in [0.1, 0.15) is 0 Å². The number of amides is 1. The van der Waals surface area contributed by atoms with Gasteiger partial charge in [0.2, 0.25) is 5.91 Å². The normalized spacial score (nSPS) is 30.4. The number of thiazole rings is 1. The summed E-state index contributed by atoms with van der Waals surface area (Å²) < 4.78 is 0.559. The number of benzene rings is 1. The zero-order chi connectivity index (χ0) is 19.3. The summed E-state index contributed by atoms with van der Waals surface area (Å²) in [7, 11) is 0. The Kier molecular flexibility index (Phi) is 4.63. The van der Waals surface area contributed by atoms with Crippen molar-refractivity contribution in [3.63, 3.8) is 0 Å². The van der Waals surface area contributed by atoms with Gasteiger partial charge in [-0.05, 0) is 80.9 Å². The monoisotopic (exact) mass is 415 g/mol. The molecule has 6 heteroatoms. The average molecular weight is 416 g/mol. The lowest BCUT2D eigenvalue weighted by Crippen LogP contribution is -2.51. The van der Waals surface area contributed by atoms with Gasteiger partial charge in [-0.15, -0.1) is 11.3 Å². The summed E-state index contributed by atoms with van der Waals surface area (Å²) in [4.78, 5) is 18.5. The molecule has 4 fully saturated rings. The summed E-state index contributed by atoms with van der Waals surface area (Å²) in [5.41, 5.74) is 2.90. The highest BCUT2D eigenvalue weighted by molar-refractivity contribution is 7.15. The third-order valence-electron chi connectivity index (χ3n) is 7.00. The maximum atomic E-state index is 13.4. The van der Waals surface area contributed by atoms with Crippen molar-refractivity contribution >= 4 is 40.2 Å². The van der Waals surface area contributed by atoms with Gasteiger partial charge in [0, 0.05) is 22.4 Å². The van der Waals surface area contributed by atoms with E-state index in [1.165, 1.54) is 30.6 Å². The lowest BCUT2D eigenvalue weighted by Gasteiger charge is -2.55. The summed E-state index contributed by atoms with van der Waals surface area (Å²) in [5, 5.41) is 6.71. The van der Waals surface area contributed by atoms with Crippen LogP contribution in [0.1, 0.15) is 49.0 Å². The molecule has 2 aromatic rings. The largest absolute Gasteiger partial charge is 0.380 e. The van der Waals surface area contributed by atoms with E-state index < -0.39 is 0 Å².